The quantitative estimate of drug-likeness (QED) is 0.172. The van der Waals surface area contributed by atoms with Crippen molar-refractivity contribution in [1.29, 1.82) is 0 Å². The first-order valence-corrected chi connectivity index (χ1v) is 18.0. The van der Waals surface area contributed by atoms with Gasteiger partial charge < -0.3 is 10.2 Å². The molecule has 4 aromatic rings. The molecule has 1 fully saturated rings. The van der Waals surface area contributed by atoms with Gasteiger partial charge in [-0.2, -0.15) is 0 Å². The van der Waals surface area contributed by atoms with Crippen LogP contribution in [0, 0.1) is 13.8 Å². The molecule has 0 heterocycles. The number of halogens is 1. The lowest BCUT2D eigenvalue weighted by Gasteiger charge is -2.35. The van der Waals surface area contributed by atoms with Crippen molar-refractivity contribution in [2.24, 2.45) is 0 Å². The van der Waals surface area contributed by atoms with E-state index in [1.165, 1.54) is 12.1 Å². The van der Waals surface area contributed by atoms with Crippen LogP contribution in [0.5, 0.6) is 0 Å². The number of carbonyl (C=O) groups is 2. The van der Waals surface area contributed by atoms with Crippen molar-refractivity contribution < 1.29 is 18.0 Å². The molecule has 1 N–H and O–H groups in total. The van der Waals surface area contributed by atoms with Gasteiger partial charge in [-0.3, -0.25) is 13.9 Å². The number of hydrogen-bond acceptors (Lipinski definition) is 4. The van der Waals surface area contributed by atoms with Gasteiger partial charge >= 0.3 is 0 Å². The standard InChI is InChI=1S/C38H42ClN3O4S/c1-28-14-12-17-31(24-28)26-41(36(25-30-15-6-3-7-16-30)38(44)40-32-18-8-4-9-19-32)37(43)27-42(35-23-13-22-34(39)29(35)2)47(45,46)33-20-10-5-11-21-33/h3,5-7,10-17,20-24,32,36H,4,8-9,18-19,25-27H2,1-2H3,(H,40,44)/t36-/m0/s1. The first kappa shape index (κ1) is 34.2. The zero-order valence-corrected chi connectivity index (χ0v) is 28.5. The van der Waals surface area contributed by atoms with E-state index in [4.69, 9.17) is 11.6 Å². The van der Waals surface area contributed by atoms with Crippen LogP contribution >= 0.6 is 11.6 Å². The van der Waals surface area contributed by atoms with Gasteiger partial charge in [-0.25, -0.2) is 8.42 Å². The second kappa shape index (κ2) is 15.6. The van der Waals surface area contributed by atoms with Gasteiger partial charge in [-0.05, 0) is 67.6 Å². The van der Waals surface area contributed by atoms with Crippen molar-refractivity contribution >= 4 is 39.1 Å². The molecule has 5 rings (SSSR count). The maximum atomic E-state index is 14.7. The van der Waals surface area contributed by atoms with E-state index in [2.05, 4.69) is 5.32 Å². The van der Waals surface area contributed by atoms with Crippen LogP contribution in [0.4, 0.5) is 5.69 Å². The van der Waals surface area contributed by atoms with Gasteiger partial charge in [0.1, 0.15) is 12.6 Å². The number of rotatable bonds is 12. The molecule has 47 heavy (non-hydrogen) atoms. The molecule has 0 aliphatic heterocycles. The molecule has 1 aliphatic carbocycles. The molecule has 1 aliphatic rings. The average Bonchev–Trinajstić information content (AvgIpc) is 3.08. The van der Waals surface area contributed by atoms with Gasteiger partial charge in [0.25, 0.3) is 10.0 Å². The fourth-order valence-corrected chi connectivity index (χ4v) is 7.87. The first-order chi connectivity index (χ1) is 22.6. The topological polar surface area (TPSA) is 86.8 Å². The minimum absolute atomic E-state index is 0.0366. The lowest BCUT2D eigenvalue weighted by Crippen LogP contribution is -2.55. The predicted octanol–water partition coefficient (Wildman–Crippen LogP) is 7.24. The molecule has 0 aromatic heterocycles. The van der Waals surface area contributed by atoms with Crippen LogP contribution in [0.3, 0.4) is 0 Å². The van der Waals surface area contributed by atoms with Crippen molar-refractivity contribution in [3.63, 3.8) is 0 Å². The summed E-state index contributed by atoms with van der Waals surface area (Å²) in [5.74, 6) is -0.733. The Kier molecular flexibility index (Phi) is 11.4. The monoisotopic (exact) mass is 671 g/mol. The molecule has 246 valence electrons. The summed E-state index contributed by atoms with van der Waals surface area (Å²) in [7, 11) is -4.20. The fourth-order valence-electron chi connectivity index (χ4n) is 6.20. The van der Waals surface area contributed by atoms with Crippen LogP contribution < -0.4 is 9.62 Å². The molecule has 2 amide bonds. The number of hydrogen-bond donors (Lipinski definition) is 1. The van der Waals surface area contributed by atoms with Crippen LogP contribution in [0.2, 0.25) is 5.02 Å². The van der Waals surface area contributed by atoms with Crippen LogP contribution in [0.25, 0.3) is 0 Å². The van der Waals surface area contributed by atoms with E-state index in [0.29, 0.717) is 16.3 Å². The summed E-state index contributed by atoms with van der Waals surface area (Å²) in [6, 6.07) is 29.6. The summed E-state index contributed by atoms with van der Waals surface area (Å²) >= 11 is 6.48. The van der Waals surface area contributed by atoms with Gasteiger partial charge in [0.2, 0.25) is 11.8 Å². The third-order valence-corrected chi connectivity index (χ3v) is 11.0. The number of amides is 2. The third kappa shape index (κ3) is 8.62. The molecule has 1 saturated carbocycles. The Morgan fingerprint density at radius 3 is 2.15 bits per heavy atom. The molecule has 4 aromatic carbocycles. The predicted molar refractivity (Wildman–Crippen MR) is 188 cm³/mol. The Bertz CT molecular complexity index is 1780. The number of sulfonamides is 1. The Labute approximate surface area is 283 Å². The van der Waals surface area contributed by atoms with Gasteiger partial charge in [0, 0.05) is 24.0 Å². The van der Waals surface area contributed by atoms with Crippen molar-refractivity contribution in [3.8, 4) is 0 Å². The summed E-state index contributed by atoms with van der Waals surface area (Å²) in [4.78, 5) is 30.6. The number of aryl methyl sites for hydroxylation is 1. The smallest absolute Gasteiger partial charge is 0.264 e. The lowest BCUT2D eigenvalue weighted by molar-refractivity contribution is -0.140. The summed E-state index contributed by atoms with van der Waals surface area (Å²) in [5.41, 5.74) is 3.60. The number of nitrogens with one attached hydrogen (secondary N) is 1. The molecular weight excluding hydrogens is 630 g/mol. The zero-order valence-electron chi connectivity index (χ0n) is 26.9. The highest BCUT2D eigenvalue weighted by Crippen LogP contribution is 2.31. The van der Waals surface area contributed by atoms with Crippen molar-refractivity contribution in [1.82, 2.24) is 10.2 Å². The molecule has 9 heteroatoms. The second-order valence-corrected chi connectivity index (χ2v) is 14.5. The first-order valence-electron chi connectivity index (χ1n) is 16.2. The molecule has 0 spiro atoms. The molecule has 0 radical (unpaired) electrons. The minimum Gasteiger partial charge on any atom is -0.352 e. The van der Waals surface area contributed by atoms with Crippen LogP contribution in [0.1, 0.15) is 54.4 Å². The van der Waals surface area contributed by atoms with E-state index >= 15 is 0 Å². The van der Waals surface area contributed by atoms with Crippen molar-refractivity contribution in [2.45, 2.75) is 75.9 Å². The largest absolute Gasteiger partial charge is 0.352 e. The Balaban J connectivity index is 1.58. The molecule has 0 saturated heterocycles. The molecule has 7 nitrogen and oxygen atoms in total. The van der Waals surface area contributed by atoms with E-state index in [1.807, 2.05) is 61.5 Å². The molecule has 0 unspecified atom stereocenters. The van der Waals surface area contributed by atoms with E-state index in [1.54, 1.807) is 48.2 Å². The minimum atomic E-state index is -4.20. The van der Waals surface area contributed by atoms with Gasteiger partial charge in [0.15, 0.2) is 0 Å². The zero-order chi connectivity index (χ0) is 33.4. The van der Waals surface area contributed by atoms with E-state index < -0.39 is 28.5 Å². The molecule has 0 bridgehead atoms. The van der Waals surface area contributed by atoms with Crippen LogP contribution in [-0.2, 0) is 32.6 Å². The number of anilines is 1. The van der Waals surface area contributed by atoms with Crippen LogP contribution in [0.15, 0.2) is 108 Å². The lowest BCUT2D eigenvalue weighted by atomic mass is 9.94. The van der Waals surface area contributed by atoms with Crippen molar-refractivity contribution in [2.75, 3.05) is 10.8 Å². The van der Waals surface area contributed by atoms with Gasteiger partial charge in [0.05, 0.1) is 10.6 Å². The second-order valence-electron chi connectivity index (χ2n) is 12.3. The fraction of sp³-hybridized carbons (Fsp3) is 0.316. The van der Waals surface area contributed by atoms with Crippen LogP contribution in [-0.4, -0.2) is 43.8 Å². The maximum Gasteiger partial charge on any atom is 0.264 e. The number of carbonyl (C=O) groups excluding carboxylic acids is 2. The third-order valence-electron chi connectivity index (χ3n) is 8.78. The van der Waals surface area contributed by atoms with E-state index in [-0.39, 0.29) is 29.8 Å². The SMILES string of the molecule is Cc1cccc(CN(C(=O)CN(c2cccc(Cl)c2C)S(=O)(=O)c2ccccc2)[C@@H](Cc2ccccc2)C(=O)NC2CCCCC2)c1. The van der Waals surface area contributed by atoms with Gasteiger partial charge in [-0.1, -0.05) is 115 Å². The highest BCUT2D eigenvalue weighted by molar-refractivity contribution is 7.92. The number of benzene rings is 4. The van der Waals surface area contributed by atoms with E-state index in [0.717, 1.165) is 53.1 Å². The summed E-state index contributed by atoms with van der Waals surface area (Å²) in [5, 5.41) is 3.63. The highest BCUT2D eigenvalue weighted by Gasteiger charge is 2.36. The number of nitrogens with zero attached hydrogens (tertiary/aromatic N) is 2. The maximum absolute atomic E-state index is 14.7. The highest BCUT2D eigenvalue weighted by atomic mass is 35.5. The summed E-state index contributed by atoms with van der Waals surface area (Å²) in [6.45, 7) is 3.31. The normalized spacial score (nSPS) is 14.3. The van der Waals surface area contributed by atoms with Gasteiger partial charge in [-0.15, -0.1) is 0 Å². The van der Waals surface area contributed by atoms with Crippen molar-refractivity contribution in [3.05, 3.63) is 130 Å². The Hall–Kier alpha value is -4.14. The molecular formula is C38H42ClN3O4S. The average molecular weight is 672 g/mol. The van der Waals surface area contributed by atoms with E-state index in [9.17, 15) is 18.0 Å². The summed E-state index contributed by atoms with van der Waals surface area (Å²) < 4.78 is 29.6. The summed E-state index contributed by atoms with van der Waals surface area (Å²) in [6.07, 6.45) is 5.31. The molecule has 1 atom stereocenters. The Morgan fingerprint density at radius 2 is 1.47 bits per heavy atom. The Morgan fingerprint density at radius 1 is 0.830 bits per heavy atom.